The Balaban J connectivity index is 1.69. The number of para-hydroxylation sites is 1. The summed E-state index contributed by atoms with van der Waals surface area (Å²) in [6.45, 7) is 4.25. The van der Waals surface area contributed by atoms with E-state index in [1.807, 2.05) is 23.6 Å². The van der Waals surface area contributed by atoms with E-state index in [0.29, 0.717) is 33.9 Å². The van der Waals surface area contributed by atoms with Crippen LogP contribution >= 0.6 is 34.7 Å². The van der Waals surface area contributed by atoms with Crippen molar-refractivity contribution in [2.75, 3.05) is 25.3 Å². The van der Waals surface area contributed by atoms with Crippen molar-refractivity contribution in [3.8, 4) is 5.75 Å². The number of carbonyl (C=O) groups excluding carboxylic acids is 3. The van der Waals surface area contributed by atoms with E-state index in [1.165, 1.54) is 26.0 Å². The van der Waals surface area contributed by atoms with E-state index in [1.54, 1.807) is 19.1 Å². The Bertz CT molecular complexity index is 1240. The normalized spacial score (nSPS) is 10.7. The summed E-state index contributed by atoms with van der Waals surface area (Å²) in [5.41, 5.74) is 0.498. The second kappa shape index (κ2) is 12.0. The van der Waals surface area contributed by atoms with E-state index in [2.05, 4.69) is 15.5 Å². The third-order valence-electron chi connectivity index (χ3n) is 4.80. The first-order chi connectivity index (χ1) is 16.8. The number of nitrogens with one attached hydrogen (secondary N) is 1. The molecule has 2 aromatic heterocycles. The van der Waals surface area contributed by atoms with Gasteiger partial charge in [0.05, 0.1) is 30.6 Å². The minimum atomic E-state index is -0.661. The number of hydrogen-bond acceptors (Lipinski definition) is 10. The monoisotopic (exact) mass is 538 g/mol. The zero-order valence-corrected chi connectivity index (χ0v) is 21.8. The van der Waals surface area contributed by atoms with Crippen LogP contribution in [0.1, 0.15) is 38.3 Å². The Morgan fingerprint density at radius 1 is 1.14 bits per heavy atom. The van der Waals surface area contributed by atoms with Crippen molar-refractivity contribution in [1.82, 2.24) is 14.8 Å². The van der Waals surface area contributed by atoms with Crippen LogP contribution < -0.4 is 10.1 Å². The fraction of sp³-hybridized carbons (Fsp3) is 0.318. The highest BCUT2D eigenvalue weighted by Gasteiger charge is 2.27. The summed E-state index contributed by atoms with van der Waals surface area (Å²) in [6.07, 6.45) is 0. The molecule has 0 aliphatic heterocycles. The molecule has 2 heterocycles. The Morgan fingerprint density at radius 3 is 2.51 bits per heavy atom. The first-order valence-corrected chi connectivity index (χ1v) is 12.5. The van der Waals surface area contributed by atoms with Crippen molar-refractivity contribution < 1.29 is 28.6 Å². The van der Waals surface area contributed by atoms with Gasteiger partial charge in [0.15, 0.2) is 11.0 Å². The number of ether oxygens (including phenoxy) is 3. The first-order valence-electron chi connectivity index (χ1n) is 10.3. The van der Waals surface area contributed by atoms with Crippen LogP contribution in [-0.4, -0.2) is 52.6 Å². The summed E-state index contributed by atoms with van der Waals surface area (Å²) in [5.74, 6) is -0.542. The summed E-state index contributed by atoms with van der Waals surface area (Å²) in [4.78, 5) is 37.2. The van der Waals surface area contributed by atoms with Crippen molar-refractivity contribution in [3.05, 3.63) is 51.1 Å². The molecule has 0 radical (unpaired) electrons. The molecule has 0 atom stereocenters. The predicted octanol–water partition coefficient (Wildman–Crippen LogP) is 4.20. The fourth-order valence-electron chi connectivity index (χ4n) is 3.08. The Hall–Kier alpha value is -3.09. The van der Waals surface area contributed by atoms with Crippen LogP contribution in [0.25, 0.3) is 0 Å². The van der Waals surface area contributed by atoms with Crippen LogP contribution in [0.3, 0.4) is 0 Å². The summed E-state index contributed by atoms with van der Waals surface area (Å²) in [5, 5.41) is 12.3. The highest BCUT2D eigenvalue weighted by molar-refractivity contribution is 7.99. The van der Waals surface area contributed by atoms with Crippen LogP contribution in [0, 0.1) is 6.92 Å². The van der Waals surface area contributed by atoms with E-state index < -0.39 is 17.8 Å². The lowest BCUT2D eigenvalue weighted by molar-refractivity contribution is -0.113. The third-order valence-corrected chi connectivity index (χ3v) is 7.26. The number of amides is 1. The minimum Gasteiger partial charge on any atom is -0.484 e. The number of hydrogen-bond donors (Lipinski definition) is 1. The van der Waals surface area contributed by atoms with Crippen molar-refractivity contribution in [1.29, 1.82) is 0 Å². The Kier molecular flexibility index (Phi) is 9.13. The van der Waals surface area contributed by atoms with Crippen LogP contribution in [-0.2, 0) is 27.4 Å². The van der Waals surface area contributed by atoms with Gasteiger partial charge in [-0.15, -0.1) is 21.5 Å². The molecule has 3 rings (SSSR count). The van der Waals surface area contributed by atoms with Crippen molar-refractivity contribution >= 4 is 57.5 Å². The van der Waals surface area contributed by atoms with Gasteiger partial charge in [0.2, 0.25) is 5.91 Å². The van der Waals surface area contributed by atoms with E-state index >= 15 is 0 Å². The predicted molar refractivity (Wildman–Crippen MR) is 133 cm³/mol. The number of methoxy groups -OCH3 is 2. The van der Waals surface area contributed by atoms with Gasteiger partial charge < -0.3 is 24.1 Å². The molecule has 0 bridgehead atoms. The summed E-state index contributed by atoms with van der Waals surface area (Å²) in [7, 11) is 2.47. The van der Waals surface area contributed by atoms with Crippen LogP contribution in [0.5, 0.6) is 5.75 Å². The zero-order chi connectivity index (χ0) is 25.5. The average molecular weight is 539 g/mol. The van der Waals surface area contributed by atoms with Gasteiger partial charge in [0, 0.05) is 6.54 Å². The maximum atomic E-state index is 12.7. The van der Waals surface area contributed by atoms with E-state index in [-0.39, 0.29) is 27.8 Å². The SMILES string of the molecule is CCn1c(COc2ccccc2Cl)nnc1SCC(=O)Nc1sc(C(=O)OC)c(C)c1C(=O)OC. The van der Waals surface area contributed by atoms with Gasteiger partial charge in [-0.3, -0.25) is 4.79 Å². The molecular weight excluding hydrogens is 516 g/mol. The molecule has 13 heteroatoms. The first kappa shape index (κ1) is 26.5. The fourth-order valence-corrected chi connectivity index (χ4v) is 5.22. The number of benzene rings is 1. The molecule has 0 aliphatic rings. The third kappa shape index (κ3) is 6.13. The van der Waals surface area contributed by atoms with Gasteiger partial charge >= 0.3 is 11.9 Å². The quantitative estimate of drug-likeness (QED) is 0.299. The van der Waals surface area contributed by atoms with Crippen molar-refractivity contribution in [3.63, 3.8) is 0 Å². The number of nitrogens with zero attached hydrogens (tertiary/aromatic N) is 3. The highest BCUT2D eigenvalue weighted by atomic mass is 35.5. The Labute approximate surface area is 214 Å². The lowest BCUT2D eigenvalue weighted by Crippen LogP contribution is -2.16. The summed E-state index contributed by atoms with van der Waals surface area (Å²) >= 11 is 8.26. The number of esters is 2. The lowest BCUT2D eigenvalue weighted by Gasteiger charge is -2.10. The second-order valence-electron chi connectivity index (χ2n) is 6.94. The number of thioether (sulfide) groups is 1. The molecular formula is C22H23ClN4O6S2. The number of carbonyl (C=O) groups is 3. The molecule has 1 amide bonds. The molecule has 0 spiro atoms. The molecule has 186 valence electrons. The van der Waals surface area contributed by atoms with Gasteiger partial charge in [-0.05, 0) is 31.5 Å². The largest absolute Gasteiger partial charge is 0.484 e. The van der Waals surface area contributed by atoms with Crippen molar-refractivity contribution in [2.45, 2.75) is 32.2 Å². The molecule has 35 heavy (non-hydrogen) atoms. The van der Waals surface area contributed by atoms with Crippen LogP contribution in [0.15, 0.2) is 29.4 Å². The molecule has 0 aliphatic carbocycles. The number of aromatic nitrogens is 3. The van der Waals surface area contributed by atoms with Gasteiger partial charge in [-0.1, -0.05) is 35.5 Å². The number of halogens is 1. The zero-order valence-electron chi connectivity index (χ0n) is 19.4. The van der Waals surface area contributed by atoms with Crippen LogP contribution in [0.4, 0.5) is 5.00 Å². The molecule has 0 saturated heterocycles. The number of rotatable bonds is 10. The number of thiophene rings is 1. The molecule has 1 aromatic carbocycles. The lowest BCUT2D eigenvalue weighted by atomic mass is 10.1. The van der Waals surface area contributed by atoms with E-state index in [9.17, 15) is 14.4 Å². The van der Waals surface area contributed by atoms with Gasteiger partial charge in [0.25, 0.3) is 0 Å². The average Bonchev–Trinajstić information content (AvgIpc) is 3.40. The molecule has 3 aromatic rings. The summed E-state index contributed by atoms with van der Waals surface area (Å²) < 4.78 is 17.1. The summed E-state index contributed by atoms with van der Waals surface area (Å²) in [6, 6.07) is 7.12. The van der Waals surface area contributed by atoms with E-state index in [4.69, 9.17) is 25.8 Å². The second-order valence-corrected chi connectivity index (χ2v) is 9.31. The van der Waals surface area contributed by atoms with Crippen LogP contribution in [0.2, 0.25) is 5.02 Å². The van der Waals surface area contributed by atoms with Gasteiger partial charge in [-0.25, -0.2) is 9.59 Å². The van der Waals surface area contributed by atoms with Crippen molar-refractivity contribution in [2.24, 2.45) is 0 Å². The topological polar surface area (TPSA) is 122 Å². The van der Waals surface area contributed by atoms with E-state index in [0.717, 1.165) is 11.3 Å². The number of anilines is 1. The maximum absolute atomic E-state index is 12.7. The minimum absolute atomic E-state index is 0.00534. The standard InChI is InChI=1S/C22H23ClN4O6S2/c1-5-27-15(10-33-14-9-7-6-8-13(14)23)25-26-22(27)34-11-16(28)24-19-17(20(29)31-3)12(2)18(35-19)21(30)32-4/h6-9H,5,10-11H2,1-4H3,(H,24,28). The molecule has 0 unspecified atom stereocenters. The molecule has 10 nitrogen and oxygen atoms in total. The molecule has 0 fully saturated rings. The Morgan fingerprint density at radius 2 is 1.86 bits per heavy atom. The molecule has 1 N–H and O–H groups in total. The smallest absolute Gasteiger partial charge is 0.348 e. The highest BCUT2D eigenvalue weighted by Crippen LogP contribution is 2.34. The van der Waals surface area contributed by atoms with Gasteiger partial charge in [0.1, 0.15) is 22.2 Å². The van der Waals surface area contributed by atoms with Gasteiger partial charge in [-0.2, -0.15) is 0 Å². The molecule has 0 saturated carbocycles. The maximum Gasteiger partial charge on any atom is 0.348 e.